The molecule has 1 unspecified atom stereocenters. The van der Waals surface area contributed by atoms with Crippen molar-refractivity contribution >= 4 is 45.0 Å². The van der Waals surface area contributed by atoms with Crippen molar-refractivity contribution in [2.45, 2.75) is 58.3 Å². The van der Waals surface area contributed by atoms with E-state index in [-0.39, 0.29) is 17.4 Å². The summed E-state index contributed by atoms with van der Waals surface area (Å²) in [6, 6.07) is 20.3. The Balaban J connectivity index is 0.957. The Morgan fingerprint density at radius 2 is 1.71 bits per heavy atom. The van der Waals surface area contributed by atoms with E-state index < -0.39 is 23.7 Å². The van der Waals surface area contributed by atoms with Crippen LogP contribution in [0.1, 0.15) is 65.4 Å². The van der Waals surface area contributed by atoms with Crippen LogP contribution in [-0.2, 0) is 29.4 Å². The first-order valence-electron chi connectivity index (χ1n) is 18.8. The molecule has 56 heavy (non-hydrogen) atoms. The molecule has 8 rings (SSSR count). The number of pyridine rings is 1. The number of carbonyl (C=O) groups excluding carboxylic acids is 2. The molecule has 2 fully saturated rings. The number of hydrogen-bond donors (Lipinski definition) is 2. The minimum atomic E-state index is -4.44. The number of aromatic nitrogens is 5. The molecule has 6 aromatic rings. The van der Waals surface area contributed by atoms with Crippen molar-refractivity contribution in [3.8, 4) is 11.3 Å². The van der Waals surface area contributed by atoms with Crippen LogP contribution in [0.25, 0.3) is 32.9 Å². The van der Waals surface area contributed by atoms with Gasteiger partial charge in [0.2, 0.25) is 11.8 Å². The monoisotopic (exact) mass is 761 g/mol. The van der Waals surface area contributed by atoms with E-state index in [4.69, 9.17) is 10.1 Å². The highest BCUT2D eigenvalue weighted by atomic mass is 19.4. The summed E-state index contributed by atoms with van der Waals surface area (Å²) in [7, 11) is 1.89. The molecule has 2 saturated heterocycles. The lowest BCUT2D eigenvalue weighted by molar-refractivity contribution is -0.138. The van der Waals surface area contributed by atoms with Crippen LogP contribution in [0.5, 0.6) is 0 Å². The number of fused-ring (bicyclic) bond motifs is 2. The summed E-state index contributed by atoms with van der Waals surface area (Å²) in [4.78, 5) is 33.9. The second-order valence-electron chi connectivity index (χ2n) is 14.8. The largest absolute Gasteiger partial charge is 0.416 e. The van der Waals surface area contributed by atoms with Crippen molar-refractivity contribution in [3.05, 3.63) is 107 Å². The lowest BCUT2D eigenvalue weighted by Gasteiger charge is -2.36. The molecule has 0 spiro atoms. The van der Waals surface area contributed by atoms with Gasteiger partial charge in [0.25, 0.3) is 0 Å². The van der Waals surface area contributed by atoms with E-state index in [9.17, 15) is 22.8 Å². The van der Waals surface area contributed by atoms with E-state index in [0.29, 0.717) is 35.6 Å². The number of halogens is 3. The first kappa shape index (κ1) is 37.1. The Kier molecular flexibility index (Phi) is 9.69. The molecule has 5 heterocycles. The predicted octanol–water partition coefficient (Wildman–Crippen LogP) is 7.23. The highest BCUT2D eigenvalue weighted by Crippen LogP contribution is 2.37. The number of alkyl halides is 3. The Hall–Kier alpha value is -5.89. The number of hydrogen-bond acceptors (Lipinski definition) is 9. The fourth-order valence-electron chi connectivity index (χ4n) is 8.08. The molecule has 11 nitrogen and oxygen atoms in total. The van der Waals surface area contributed by atoms with Gasteiger partial charge in [0.1, 0.15) is 0 Å². The van der Waals surface area contributed by atoms with E-state index in [1.54, 1.807) is 12.3 Å². The van der Waals surface area contributed by atoms with E-state index in [2.05, 4.69) is 54.9 Å². The number of carbonyl (C=O) groups is 2. The third-order valence-electron chi connectivity index (χ3n) is 11.1. The summed E-state index contributed by atoms with van der Waals surface area (Å²) in [6.45, 7) is 9.40. The number of aryl methyl sites for hydroxylation is 2. The van der Waals surface area contributed by atoms with Crippen molar-refractivity contribution in [3.63, 3.8) is 0 Å². The van der Waals surface area contributed by atoms with Gasteiger partial charge in [-0.25, -0.2) is 0 Å². The Bertz CT molecular complexity index is 2490. The van der Waals surface area contributed by atoms with E-state index >= 15 is 0 Å². The van der Waals surface area contributed by atoms with Gasteiger partial charge in [0.15, 0.2) is 5.82 Å². The summed E-state index contributed by atoms with van der Waals surface area (Å²) >= 11 is 0. The zero-order valence-electron chi connectivity index (χ0n) is 31.6. The first-order valence-corrected chi connectivity index (χ1v) is 18.8. The Labute approximate surface area is 321 Å². The van der Waals surface area contributed by atoms with Crippen LogP contribution in [0.2, 0.25) is 0 Å². The smallest absolute Gasteiger partial charge is 0.369 e. The molecule has 3 aromatic heterocycles. The van der Waals surface area contributed by atoms with Crippen LogP contribution in [0.4, 0.5) is 24.7 Å². The summed E-state index contributed by atoms with van der Waals surface area (Å²) in [5.74, 6) is -0.481. The normalized spacial score (nSPS) is 17.4. The second-order valence-corrected chi connectivity index (χ2v) is 14.8. The Morgan fingerprint density at radius 3 is 2.48 bits per heavy atom. The van der Waals surface area contributed by atoms with Gasteiger partial charge in [-0.2, -0.15) is 23.4 Å². The molecule has 14 heteroatoms. The fraction of sp³-hybridized carbons (Fsp3) is 0.333. The molecule has 0 radical (unpaired) electrons. The fourth-order valence-corrected chi connectivity index (χ4v) is 8.08. The summed E-state index contributed by atoms with van der Waals surface area (Å²) < 4.78 is 42.8. The van der Waals surface area contributed by atoms with Gasteiger partial charge >= 0.3 is 6.18 Å². The number of piperidine rings is 1. The number of benzene rings is 3. The molecule has 3 aromatic carbocycles. The lowest BCUT2D eigenvalue weighted by Crippen LogP contribution is -2.45. The quantitative estimate of drug-likeness (QED) is 0.155. The van der Waals surface area contributed by atoms with Crippen molar-refractivity contribution in [2.75, 3.05) is 36.4 Å². The van der Waals surface area contributed by atoms with Crippen LogP contribution >= 0.6 is 0 Å². The minimum Gasteiger partial charge on any atom is -0.369 e. The van der Waals surface area contributed by atoms with Crippen LogP contribution in [0.3, 0.4) is 0 Å². The van der Waals surface area contributed by atoms with E-state index in [0.717, 1.165) is 83.0 Å². The molecule has 2 aliphatic rings. The number of rotatable bonds is 8. The zero-order valence-corrected chi connectivity index (χ0v) is 31.6. The number of amides is 2. The molecule has 0 aliphatic carbocycles. The average Bonchev–Trinajstić information content (AvgIpc) is 3.50. The third kappa shape index (κ3) is 7.16. The molecular formula is C42H42F3N9O2. The standard InChI is InChI=1S/C42H42F3N9O2/c1-24-30(9-6-10-35(24)42(43,44)45)25(2)47-40-33-21-36(46-22-34(33)26(3)49-50-40)28-8-5-7-27(19-28)23-53-15-17-54(18-16-53)29-11-12-31-37(20-29)52(4)51-39(31)32-13-14-38(55)48-41(32)56/h5-12,19-22,25,32H,13-18,23H2,1-4H3,(H,47,50)(H,48,55,56)/t25-,32?/m1/s1. The number of imide groups is 1. The third-order valence-corrected chi connectivity index (χ3v) is 11.1. The average molecular weight is 762 g/mol. The number of nitrogens with zero attached hydrogens (tertiary/aromatic N) is 7. The van der Waals surface area contributed by atoms with E-state index in [1.807, 2.05) is 49.8 Å². The number of piperazine rings is 1. The minimum absolute atomic E-state index is 0.179. The van der Waals surface area contributed by atoms with Gasteiger partial charge in [-0.05, 0) is 80.3 Å². The Morgan fingerprint density at radius 1 is 0.929 bits per heavy atom. The van der Waals surface area contributed by atoms with Crippen molar-refractivity contribution in [2.24, 2.45) is 7.05 Å². The van der Waals surface area contributed by atoms with Crippen molar-refractivity contribution < 1.29 is 22.8 Å². The first-order chi connectivity index (χ1) is 26.8. The van der Waals surface area contributed by atoms with Gasteiger partial charge in [-0.3, -0.25) is 29.5 Å². The maximum atomic E-state index is 13.7. The SMILES string of the molecule is Cc1c([C@@H](C)Nc2nnc(C)c3cnc(-c4cccc(CN5CCN(c6ccc7c(C8CCC(=O)NC8=O)nn(C)c7c6)CC5)c4)cc23)cccc1C(F)(F)F. The summed E-state index contributed by atoms with van der Waals surface area (Å²) in [6.07, 6.45) is -1.88. The predicted molar refractivity (Wildman–Crippen MR) is 209 cm³/mol. The second kappa shape index (κ2) is 14.6. The van der Waals surface area contributed by atoms with Gasteiger partial charge in [0, 0.05) is 79.8 Å². The highest BCUT2D eigenvalue weighted by molar-refractivity contribution is 6.02. The molecule has 0 bridgehead atoms. The van der Waals surface area contributed by atoms with Gasteiger partial charge in [-0.1, -0.05) is 30.3 Å². The van der Waals surface area contributed by atoms with Crippen LogP contribution in [0, 0.1) is 13.8 Å². The molecule has 0 saturated carbocycles. The number of anilines is 2. The van der Waals surface area contributed by atoms with Gasteiger partial charge in [-0.15, -0.1) is 5.10 Å². The summed E-state index contributed by atoms with van der Waals surface area (Å²) in [5.41, 5.74) is 6.41. The van der Waals surface area contributed by atoms with Gasteiger partial charge in [0.05, 0.1) is 40.1 Å². The molecule has 288 valence electrons. The van der Waals surface area contributed by atoms with Crippen LogP contribution < -0.4 is 15.5 Å². The molecular weight excluding hydrogens is 720 g/mol. The molecule has 2 aliphatic heterocycles. The zero-order chi connectivity index (χ0) is 39.3. The maximum absolute atomic E-state index is 13.7. The topological polar surface area (TPSA) is 121 Å². The van der Waals surface area contributed by atoms with Crippen molar-refractivity contribution in [1.82, 2.24) is 35.2 Å². The van der Waals surface area contributed by atoms with Crippen molar-refractivity contribution in [1.29, 1.82) is 0 Å². The van der Waals surface area contributed by atoms with Crippen LogP contribution in [0.15, 0.2) is 72.9 Å². The molecule has 2 atom stereocenters. The van der Waals surface area contributed by atoms with Crippen LogP contribution in [-0.4, -0.2) is 67.9 Å². The lowest BCUT2D eigenvalue weighted by atomic mass is 9.93. The maximum Gasteiger partial charge on any atom is 0.416 e. The molecule has 2 N–H and O–H groups in total. The van der Waals surface area contributed by atoms with Gasteiger partial charge < -0.3 is 10.2 Å². The summed E-state index contributed by atoms with van der Waals surface area (Å²) in [5, 5.41) is 21.7. The number of nitrogens with one attached hydrogen (secondary N) is 2. The van der Waals surface area contributed by atoms with E-state index in [1.165, 1.54) is 13.0 Å². The highest BCUT2D eigenvalue weighted by Gasteiger charge is 2.34. The molecule has 2 amide bonds.